The third-order valence-electron chi connectivity index (χ3n) is 5.20. The number of aryl methyl sites for hydroxylation is 2. The van der Waals surface area contributed by atoms with E-state index in [1.54, 1.807) is 30.3 Å². The van der Waals surface area contributed by atoms with Crippen LogP contribution in [0.3, 0.4) is 0 Å². The summed E-state index contributed by atoms with van der Waals surface area (Å²) in [5, 5.41) is 3.26. The highest BCUT2D eigenvalue weighted by Gasteiger charge is 2.37. The first kappa shape index (κ1) is 21.2. The number of para-hydroxylation sites is 2. The lowest BCUT2D eigenvalue weighted by molar-refractivity contribution is -0.122. The first-order valence-electron chi connectivity index (χ1n) is 9.68. The van der Waals surface area contributed by atoms with Crippen molar-refractivity contribution in [1.82, 2.24) is 0 Å². The number of hydrogen-bond donors (Lipinski definition) is 1. The van der Waals surface area contributed by atoms with E-state index < -0.39 is 22.0 Å². The van der Waals surface area contributed by atoms with Gasteiger partial charge in [-0.05, 0) is 73.5 Å². The van der Waals surface area contributed by atoms with Crippen molar-refractivity contribution in [2.24, 2.45) is 0 Å². The van der Waals surface area contributed by atoms with E-state index >= 15 is 0 Å². The number of amides is 1. The van der Waals surface area contributed by atoms with Crippen molar-refractivity contribution in [1.29, 1.82) is 0 Å². The van der Waals surface area contributed by atoms with Gasteiger partial charge in [0.15, 0.2) is 6.10 Å². The van der Waals surface area contributed by atoms with Crippen LogP contribution in [0.4, 0.5) is 11.4 Å². The third kappa shape index (κ3) is 4.24. The van der Waals surface area contributed by atoms with Crippen LogP contribution in [0.5, 0.6) is 5.75 Å². The predicted molar refractivity (Wildman–Crippen MR) is 121 cm³/mol. The Hall–Kier alpha value is -3.03. The molecule has 3 aromatic rings. The smallest absolute Gasteiger partial charge is 0.267 e. The van der Waals surface area contributed by atoms with E-state index in [4.69, 9.17) is 16.3 Å². The Balaban J connectivity index is 1.66. The third-order valence-corrected chi connectivity index (χ3v) is 7.25. The lowest BCUT2D eigenvalue weighted by atomic mass is 10.1. The van der Waals surface area contributed by atoms with Crippen LogP contribution in [0, 0.1) is 13.8 Å². The van der Waals surface area contributed by atoms with Crippen molar-refractivity contribution in [3.63, 3.8) is 0 Å². The van der Waals surface area contributed by atoms with Crippen LogP contribution in [-0.4, -0.2) is 27.0 Å². The molecule has 4 rings (SSSR count). The second kappa shape index (κ2) is 8.24. The first-order chi connectivity index (χ1) is 14.8. The number of hydrogen-bond acceptors (Lipinski definition) is 4. The number of nitrogens with one attached hydrogen (secondary N) is 1. The Bertz CT molecular complexity index is 1240. The van der Waals surface area contributed by atoms with E-state index in [1.165, 1.54) is 28.6 Å². The van der Waals surface area contributed by atoms with Gasteiger partial charge in [0.05, 0.1) is 17.1 Å². The number of sulfonamides is 1. The van der Waals surface area contributed by atoms with Gasteiger partial charge in [0.25, 0.3) is 15.9 Å². The minimum Gasteiger partial charge on any atom is -0.476 e. The molecule has 0 saturated heterocycles. The zero-order valence-corrected chi connectivity index (χ0v) is 18.6. The molecule has 1 unspecified atom stereocenters. The molecular formula is C23H21ClN2O4S. The zero-order valence-electron chi connectivity index (χ0n) is 17.0. The summed E-state index contributed by atoms with van der Waals surface area (Å²) >= 11 is 5.91. The molecule has 6 nitrogen and oxygen atoms in total. The van der Waals surface area contributed by atoms with E-state index in [9.17, 15) is 13.2 Å². The summed E-state index contributed by atoms with van der Waals surface area (Å²) in [7, 11) is -3.93. The maximum atomic E-state index is 13.4. The van der Waals surface area contributed by atoms with Gasteiger partial charge in [-0.2, -0.15) is 0 Å². The topological polar surface area (TPSA) is 75.7 Å². The van der Waals surface area contributed by atoms with Crippen molar-refractivity contribution in [3.8, 4) is 5.75 Å². The van der Waals surface area contributed by atoms with Gasteiger partial charge in [-0.25, -0.2) is 8.42 Å². The summed E-state index contributed by atoms with van der Waals surface area (Å²) in [6.45, 7) is 3.79. The van der Waals surface area contributed by atoms with Crippen molar-refractivity contribution >= 4 is 38.9 Å². The normalized spacial score (nSPS) is 15.7. The number of carbonyl (C=O) groups is 1. The molecule has 0 aromatic heterocycles. The Morgan fingerprint density at radius 2 is 1.74 bits per heavy atom. The van der Waals surface area contributed by atoms with Gasteiger partial charge >= 0.3 is 0 Å². The molecule has 1 amide bonds. The SMILES string of the molecule is Cc1ccc(NC(=O)C2CN(S(=O)(=O)c3ccc(Cl)cc3)c3ccccc3O2)cc1C. The maximum Gasteiger partial charge on any atom is 0.267 e. The van der Waals surface area contributed by atoms with E-state index in [1.807, 2.05) is 26.0 Å². The van der Waals surface area contributed by atoms with Gasteiger partial charge in [-0.15, -0.1) is 0 Å². The van der Waals surface area contributed by atoms with Crippen LogP contribution in [0.2, 0.25) is 5.02 Å². The van der Waals surface area contributed by atoms with Crippen molar-refractivity contribution in [2.75, 3.05) is 16.2 Å². The standard InChI is InChI=1S/C23H21ClN2O4S/c1-15-7-10-18(13-16(15)2)25-23(27)22-14-26(20-5-3-4-6-21(20)30-22)31(28,29)19-11-8-17(24)9-12-19/h3-13,22H,14H2,1-2H3,(H,25,27). The molecular weight excluding hydrogens is 436 g/mol. The average molecular weight is 457 g/mol. The molecule has 1 heterocycles. The second-order valence-corrected chi connectivity index (χ2v) is 9.65. The number of carbonyl (C=O) groups excluding carboxylic acids is 1. The average Bonchev–Trinajstić information content (AvgIpc) is 2.75. The predicted octanol–water partition coefficient (Wildman–Crippen LogP) is 4.55. The molecule has 3 aromatic carbocycles. The molecule has 160 valence electrons. The minimum absolute atomic E-state index is 0.0851. The summed E-state index contributed by atoms with van der Waals surface area (Å²) in [5.74, 6) is -0.0967. The highest BCUT2D eigenvalue weighted by molar-refractivity contribution is 7.92. The number of benzene rings is 3. The summed E-state index contributed by atoms with van der Waals surface area (Å²) in [4.78, 5) is 13.0. The fourth-order valence-electron chi connectivity index (χ4n) is 3.34. The molecule has 1 aliphatic heterocycles. The Morgan fingerprint density at radius 1 is 1.03 bits per heavy atom. The summed E-state index contributed by atoms with van der Waals surface area (Å²) in [6, 6.07) is 18.3. The molecule has 1 N–H and O–H groups in total. The Kier molecular flexibility index (Phi) is 5.64. The van der Waals surface area contributed by atoms with Crippen LogP contribution >= 0.6 is 11.6 Å². The maximum absolute atomic E-state index is 13.4. The molecule has 0 radical (unpaired) electrons. The van der Waals surface area contributed by atoms with Gasteiger partial charge in [-0.1, -0.05) is 29.8 Å². The van der Waals surface area contributed by atoms with E-state index in [-0.39, 0.29) is 11.4 Å². The van der Waals surface area contributed by atoms with Gasteiger partial charge in [0.1, 0.15) is 5.75 Å². The number of halogens is 1. The van der Waals surface area contributed by atoms with E-state index in [0.717, 1.165) is 11.1 Å². The van der Waals surface area contributed by atoms with Crippen molar-refractivity contribution in [3.05, 3.63) is 82.9 Å². The number of nitrogens with zero attached hydrogens (tertiary/aromatic N) is 1. The summed E-state index contributed by atoms with van der Waals surface area (Å²) < 4.78 is 33.8. The van der Waals surface area contributed by atoms with Crippen molar-refractivity contribution < 1.29 is 17.9 Å². The van der Waals surface area contributed by atoms with Crippen LogP contribution in [0.25, 0.3) is 0 Å². The molecule has 0 spiro atoms. The highest BCUT2D eigenvalue weighted by Crippen LogP contribution is 2.37. The molecule has 0 saturated carbocycles. The summed E-state index contributed by atoms with van der Waals surface area (Å²) in [6.07, 6.45) is -1.02. The van der Waals surface area contributed by atoms with Gasteiger partial charge in [-0.3, -0.25) is 9.10 Å². The van der Waals surface area contributed by atoms with Crippen LogP contribution in [0.1, 0.15) is 11.1 Å². The molecule has 0 aliphatic carbocycles. The zero-order chi connectivity index (χ0) is 22.2. The monoisotopic (exact) mass is 456 g/mol. The second-order valence-electron chi connectivity index (χ2n) is 7.35. The molecule has 1 atom stereocenters. The number of rotatable bonds is 4. The number of anilines is 2. The quantitative estimate of drug-likeness (QED) is 0.624. The number of ether oxygens (including phenoxy) is 1. The van der Waals surface area contributed by atoms with Crippen molar-refractivity contribution in [2.45, 2.75) is 24.8 Å². The van der Waals surface area contributed by atoms with Gasteiger partial charge in [0.2, 0.25) is 0 Å². The lowest BCUT2D eigenvalue weighted by Gasteiger charge is -2.34. The Morgan fingerprint density at radius 3 is 2.45 bits per heavy atom. The van der Waals surface area contributed by atoms with Gasteiger partial charge < -0.3 is 10.1 Å². The van der Waals surface area contributed by atoms with Crippen LogP contribution < -0.4 is 14.4 Å². The summed E-state index contributed by atoms with van der Waals surface area (Å²) in [5.41, 5.74) is 3.16. The molecule has 0 fully saturated rings. The lowest BCUT2D eigenvalue weighted by Crippen LogP contribution is -2.48. The first-order valence-corrected chi connectivity index (χ1v) is 11.5. The number of fused-ring (bicyclic) bond motifs is 1. The fraction of sp³-hybridized carbons (Fsp3) is 0.174. The van der Waals surface area contributed by atoms with E-state index in [2.05, 4.69) is 5.32 Å². The molecule has 31 heavy (non-hydrogen) atoms. The van der Waals surface area contributed by atoms with Crippen LogP contribution in [-0.2, 0) is 14.8 Å². The van der Waals surface area contributed by atoms with E-state index in [0.29, 0.717) is 22.1 Å². The molecule has 1 aliphatic rings. The van der Waals surface area contributed by atoms with Gasteiger partial charge in [0, 0.05) is 10.7 Å². The molecule has 0 bridgehead atoms. The molecule has 8 heteroatoms. The fourth-order valence-corrected chi connectivity index (χ4v) is 4.94. The van der Waals surface area contributed by atoms with Crippen LogP contribution in [0.15, 0.2) is 71.6 Å². The highest BCUT2D eigenvalue weighted by atomic mass is 35.5. The largest absolute Gasteiger partial charge is 0.476 e. The Labute approximate surface area is 186 Å². The minimum atomic E-state index is -3.93.